The third-order valence-electron chi connectivity index (χ3n) is 5.12. The molecule has 3 N–H and O–H groups in total. The van der Waals surface area contributed by atoms with Crippen molar-refractivity contribution in [1.82, 2.24) is 15.6 Å². The van der Waals surface area contributed by atoms with Crippen LogP contribution in [0, 0.1) is 0 Å². The highest BCUT2D eigenvalue weighted by molar-refractivity contribution is 5.95. The molecule has 1 aromatic heterocycles. The summed E-state index contributed by atoms with van der Waals surface area (Å²) in [5.74, 6) is -0.176. The maximum atomic E-state index is 12.6. The number of aromatic nitrogens is 1. The summed E-state index contributed by atoms with van der Waals surface area (Å²) in [5.41, 5.74) is 5.28. The van der Waals surface area contributed by atoms with Gasteiger partial charge in [0.25, 0.3) is 5.91 Å². The Labute approximate surface area is 192 Å². The Bertz CT molecular complexity index is 1210. The van der Waals surface area contributed by atoms with Crippen LogP contribution < -0.4 is 16.0 Å². The van der Waals surface area contributed by atoms with Crippen molar-refractivity contribution in [3.63, 3.8) is 0 Å². The fraction of sp³-hybridized carbons (Fsp3) is 0.0741. The third kappa shape index (κ3) is 6.04. The molecule has 4 aromatic rings. The zero-order chi connectivity index (χ0) is 22.9. The van der Waals surface area contributed by atoms with Gasteiger partial charge in [-0.1, -0.05) is 60.7 Å². The lowest BCUT2D eigenvalue weighted by atomic mass is 10.00. The second kappa shape index (κ2) is 10.7. The monoisotopic (exact) mass is 436 g/mol. The van der Waals surface area contributed by atoms with E-state index < -0.39 is 0 Å². The van der Waals surface area contributed by atoms with Crippen LogP contribution in [0.15, 0.2) is 103 Å². The number of anilines is 1. The fourth-order valence-corrected chi connectivity index (χ4v) is 3.42. The van der Waals surface area contributed by atoms with Crippen molar-refractivity contribution < 1.29 is 9.59 Å². The van der Waals surface area contributed by atoms with Crippen molar-refractivity contribution in [2.75, 3.05) is 5.32 Å². The van der Waals surface area contributed by atoms with Gasteiger partial charge in [-0.3, -0.25) is 9.78 Å². The Morgan fingerprint density at radius 1 is 0.727 bits per heavy atom. The van der Waals surface area contributed by atoms with Gasteiger partial charge in [0.15, 0.2) is 0 Å². The summed E-state index contributed by atoms with van der Waals surface area (Å²) >= 11 is 0. The SMILES string of the molecule is O=C(NCc1cccnc1)Nc1ccc(C(=O)NCc2ccccc2-c2ccccc2)cc1. The number of amides is 3. The minimum absolute atomic E-state index is 0.176. The first kappa shape index (κ1) is 21.8. The predicted molar refractivity (Wildman–Crippen MR) is 130 cm³/mol. The second-order valence-electron chi connectivity index (χ2n) is 7.45. The van der Waals surface area contributed by atoms with E-state index in [-0.39, 0.29) is 11.9 Å². The number of hydrogen-bond donors (Lipinski definition) is 3. The molecule has 0 fully saturated rings. The number of rotatable bonds is 7. The number of carbonyl (C=O) groups excluding carboxylic acids is 2. The minimum atomic E-state index is -0.325. The van der Waals surface area contributed by atoms with E-state index in [0.29, 0.717) is 24.3 Å². The molecule has 0 aliphatic heterocycles. The summed E-state index contributed by atoms with van der Waals surface area (Å²) in [6, 6.07) is 28.3. The molecule has 6 nitrogen and oxygen atoms in total. The van der Waals surface area contributed by atoms with E-state index in [0.717, 1.165) is 22.3 Å². The Morgan fingerprint density at radius 3 is 2.24 bits per heavy atom. The maximum Gasteiger partial charge on any atom is 0.319 e. The molecule has 0 atom stereocenters. The Hall–Kier alpha value is -4.45. The highest BCUT2D eigenvalue weighted by Crippen LogP contribution is 2.23. The predicted octanol–water partition coefficient (Wildman–Crippen LogP) is 5.00. The van der Waals surface area contributed by atoms with Crippen molar-refractivity contribution in [3.8, 4) is 11.1 Å². The summed E-state index contributed by atoms with van der Waals surface area (Å²) in [5, 5.41) is 8.51. The van der Waals surface area contributed by atoms with Gasteiger partial charge in [-0.2, -0.15) is 0 Å². The Kier molecular flexibility index (Phi) is 7.08. The first-order chi connectivity index (χ1) is 16.2. The number of hydrogen-bond acceptors (Lipinski definition) is 3. The molecule has 0 spiro atoms. The molecule has 3 amide bonds. The molecule has 0 unspecified atom stereocenters. The van der Waals surface area contributed by atoms with Crippen LogP contribution in [0.5, 0.6) is 0 Å². The molecule has 164 valence electrons. The van der Waals surface area contributed by atoms with Gasteiger partial charge in [0.1, 0.15) is 0 Å². The zero-order valence-electron chi connectivity index (χ0n) is 18.0. The summed E-state index contributed by atoms with van der Waals surface area (Å²) in [6.45, 7) is 0.797. The van der Waals surface area contributed by atoms with Crippen molar-refractivity contribution in [1.29, 1.82) is 0 Å². The molecule has 0 bridgehead atoms. The van der Waals surface area contributed by atoms with E-state index in [2.05, 4.69) is 39.1 Å². The molecule has 6 heteroatoms. The largest absolute Gasteiger partial charge is 0.348 e. The molecule has 0 saturated carbocycles. The maximum absolute atomic E-state index is 12.6. The van der Waals surface area contributed by atoms with E-state index >= 15 is 0 Å². The summed E-state index contributed by atoms with van der Waals surface area (Å²) < 4.78 is 0. The summed E-state index contributed by atoms with van der Waals surface area (Å²) in [7, 11) is 0. The first-order valence-electron chi connectivity index (χ1n) is 10.6. The van der Waals surface area contributed by atoms with Crippen LogP contribution in [0.1, 0.15) is 21.5 Å². The van der Waals surface area contributed by atoms with Gasteiger partial charge < -0.3 is 16.0 Å². The average Bonchev–Trinajstić information content (AvgIpc) is 2.88. The number of urea groups is 1. The molecule has 0 aliphatic rings. The topological polar surface area (TPSA) is 83.1 Å². The first-order valence-corrected chi connectivity index (χ1v) is 10.6. The van der Waals surface area contributed by atoms with Crippen LogP contribution in [0.3, 0.4) is 0 Å². The lowest BCUT2D eigenvalue weighted by Crippen LogP contribution is -2.28. The molecular weight excluding hydrogens is 412 g/mol. The molecule has 0 radical (unpaired) electrons. The average molecular weight is 437 g/mol. The summed E-state index contributed by atoms with van der Waals surface area (Å²) in [4.78, 5) is 28.8. The third-order valence-corrected chi connectivity index (χ3v) is 5.12. The minimum Gasteiger partial charge on any atom is -0.348 e. The highest BCUT2D eigenvalue weighted by atomic mass is 16.2. The molecule has 33 heavy (non-hydrogen) atoms. The molecular formula is C27H24N4O2. The quantitative estimate of drug-likeness (QED) is 0.381. The van der Waals surface area contributed by atoms with E-state index in [1.807, 2.05) is 48.5 Å². The molecule has 0 aliphatic carbocycles. The smallest absolute Gasteiger partial charge is 0.319 e. The number of pyridine rings is 1. The van der Waals surface area contributed by atoms with Gasteiger partial charge in [0, 0.05) is 36.7 Å². The van der Waals surface area contributed by atoms with Gasteiger partial charge >= 0.3 is 6.03 Å². The van der Waals surface area contributed by atoms with Crippen LogP contribution in [-0.2, 0) is 13.1 Å². The highest BCUT2D eigenvalue weighted by Gasteiger charge is 2.09. The second-order valence-corrected chi connectivity index (χ2v) is 7.45. The van der Waals surface area contributed by atoms with Gasteiger partial charge in [0.05, 0.1) is 0 Å². The van der Waals surface area contributed by atoms with E-state index in [1.54, 1.807) is 36.7 Å². The van der Waals surface area contributed by atoms with Gasteiger partial charge in [-0.05, 0) is 52.6 Å². The fourth-order valence-electron chi connectivity index (χ4n) is 3.42. The lowest BCUT2D eigenvalue weighted by molar-refractivity contribution is 0.0951. The van der Waals surface area contributed by atoms with E-state index in [4.69, 9.17) is 0 Å². The molecule has 4 rings (SSSR count). The van der Waals surface area contributed by atoms with Gasteiger partial charge in [-0.15, -0.1) is 0 Å². The molecule has 0 saturated heterocycles. The van der Waals surface area contributed by atoms with Crippen molar-refractivity contribution in [2.24, 2.45) is 0 Å². The van der Waals surface area contributed by atoms with Crippen LogP contribution >= 0.6 is 0 Å². The number of benzene rings is 3. The molecule has 3 aromatic carbocycles. The Morgan fingerprint density at radius 2 is 1.48 bits per heavy atom. The van der Waals surface area contributed by atoms with Crippen LogP contribution in [0.4, 0.5) is 10.5 Å². The standard InChI is InChI=1S/C27H24N4O2/c32-26(29-19-23-10-4-5-11-25(23)21-8-2-1-3-9-21)22-12-14-24(15-13-22)31-27(33)30-18-20-7-6-16-28-17-20/h1-17H,18-19H2,(H,29,32)(H2,30,31,33). The van der Waals surface area contributed by atoms with Crippen LogP contribution in [0.25, 0.3) is 11.1 Å². The van der Waals surface area contributed by atoms with Crippen molar-refractivity contribution in [2.45, 2.75) is 13.1 Å². The van der Waals surface area contributed by atoms with E-state index in [1.165, 1.54) is 0 Å². The molecule has 1 heterocycles. The van der Waals surface area contributed by atoms with Gasteiger partial charge in [0.2, 0.25) is 0 Å². The lowest BCUT2D eigenvalue weighted by Gasteiger charge is -2.12. The van der Waals surface area contributed by atoms with Crippen LogP contribution in [-0.4, -0.2) is 16.9 Å². The van der Waals surface area contributed by atoms with Crippen molar-refractivity contribution >= 4 is 17.6 Å². The van der Waals surface area contributed by atoms with E-state index in [9.17, 15) is 9.59 Å². The van der Waals surface area contributed by atoms with Crippen molar-refractivity contribution in [3.05, 3.63) is 120 Å². The van der Waals surface area contributed by atoms with Gasteiger partial charge in [-0.25, -0.2) is 4.79 Å². The number of carbonyl (C=O) groups is 2. The number of nitrogens with zero attached hydrogens (tertiary/aromatic N) is 1. The summed E-state index contributed by atoms with van der Waals surface area (Å²) in [6.07, 6.45) is 3.38. The Balaban J connectivity index is 1.31. The zero-order valence-corrected chi connectivity index (χ0v) is 18.0. The normalized spacial score (nSPS) is 10.3. The number of nitrogens with one attached hydrogen (secondary N) is 3. The van der Waals surface area contributed by atoms with Crippen LogP contribution in [0.2, 0.25) is 0 Å².